The number of hydrogen-bond acceptors (Lipinski definition) is 4. The number of hydrogen-bond donors (Lipinski definition) is 0. The zero-order valence-electron chi connectivity index (χ0n) is 10.6. The molecule has 108 valence electrons. The summed E-state index contributed by atoms with van der Waals surface area (Å²) in [6.07, 6.45) is 0. The molecule has 4 nitrogen and oxygen atoms in total. The number of ether oxygens (including phenoxy) is 2. The van der Waals surface area contributed by atoms with Gasteiger partial charge in [0.1, 0.15) is 0 Å². The first-order valence-corrected chi connectivity index (χ1v) is 5.29. The molecule has 19 heavy (non-hydrogen) atoms. The summed E-state index contributed by atoms with van der Waals surface area (Å²) in [5.41, 5.74) is 1.22. The molecule has 0 heterocycles. The molecule has 0 aromatic heterocycles. The maximum Gasteiger partial charge on any atom is 0.280 e. The molecule has 0 aliphatic carbocycles. The van der Waals surface area contributed by atoms with Crippen molar-refractivity contribution in [3.8, 4) is 0 Å². The van der Waals surface area contributed by atoms with Crippen molar-refractivity contribution in [3.63, 3.8) is 0 Å². The molecule has 2 rings (SSSR count). The number of rotatable bonds is 2. The third-order valence-corrected chi connectivity index (χ3v) is 2.17. The Bertz CT molecular complexity index is 425. The summed E-state index contributed by atoms with van der Waals surface area (Å²) in [6.45, 7) is 0. The summed E-state index contributed by atoms with van der Waals surface area (Å²) in [6, 6.07) is 14.0. The van der Waals surface area contributed by atoms with Gasteiger partial charge in [0, 0.05) is 24.2 Å². The monoisotopic (exact) mass is 302 g/mol. The van der Waals surface area contributed by atoms with Gasteiger partial charge in [-0.25, -0.2) is 12.1 Å². The number of carbonyl (C=O) groups is 2. The quantitative estimate of drug-likeness (QED) is 0.485. The summed E-state index contributed by atoms with van der Waals surface area (Å²) < 4.78 is 8.91. The van der Waals surface area contributed by atoms with E-state index in [-0.39, 0.29) is 29.0 Å². The Morgan fingerprint density at radius 3 is 1.84 bits per heavy atom. The molecule has 0 spiro atoms. The minimum atomic E-state index is -0.278. The SMILES string of the molecule is COC(=O)[c-]1[cH-][cH-][cH-][cH-]1.COC(=O)[c-]1cccc1.[Fe]. The molecule has 0 aliphatic heterocycles. The van der Waals surface area contributed by atoms with Crippen LogP contribution in [-0.2, 0) is 26.5 Å². The number of carbonyl (C=O) groups excluding carboxylic acids is 2. The van der Waals surface area contributed by atoms with Gasteiger partial charge in [0.15, 0.2) is 0 Å². The Kier molecular flexibility index (Phi) is 8.25. The van der Waals surface area contributed by atoms with E-state index in [1.807, 2.05) is 0 Å². The van der Waals surface area contributed by atoms with Crippen molar-refractivity contribution in [2.75, 3.05) is 14.2 Å². The Balaban J connectivity index is 0.000000324. The van der Waals surface area contributed by atoms with Gasteiger partial charge in [0.05, 0.1) is 7.11 Å². The average molecular weight is 302 g/mol. The predicted octanol–water partition coefficient (Wildman–Crippen LogP) is 2.38. The normalized spacial score (nSPS) is 8.53. The second-order valence-corrected chi connectivity index (χ2v) is 3.33. The molecular formula is C14H14FeO4-6. The van der Waals surface area contributed by atoms with Gasteiger partial charge in [-0.1, -0.05) is 11.5 Å². The fourth-order valence-electron chi connectivity index (χ4n) is 1.26. The van der Waals surface area contributed by atoms with E-state index in [0.717, 1.165) is 0 Å². The van der Waals surface area contributed by atoms with Gasteiger partial charge in [-0.3, -0.25) is 4.79 Å². The molecule has 0 bridgehead atoms. The minimum absolute atomic E-state index is 0. The summed E-state index contributed by atoms with van der Waals surface area (Å²) >= 11 is 0. The topological polar surface area (TPSA) is 52.6 Å². The Morgan fingerprint density at radius 2 is 1.42 bits per heavy atom. The van der Waals surface area contributed by atoms with E-state index in [2.05, 4.69) is 9.47 Å². The molecule has 0 radical (unpaired) electrons. The van der Waals surface area contributed by atoms with E-state index in [9.17, 15) is 9.59 Å². The van der Waals surface area contributed by atoms with Crippen LogP contribution in [0.4, 0.5) is 0 Å². The molecule has 0 aliphatic rings. The predicted molar refractivity (Wildman–Crippen MR) is 66.7 cm³/mol. The standard InChI is InChI=1S/2C7H7O2.Fe/c2*1-9-7(8)6-4-2-3-5-6;/h2*2-5H,1H3;/q-5;-1;. The van der Waals surface area contributed by atoms with Crippen molar-refractivity contribution in [2.24, 2.45) is 0 Å². The van der Waals surface area contributed by atoms with Gasteiger partial charge >= 0.3 is 0 Å². The molecule has 2 aromatic rings. The van der Waals surface area contributed by atoms with Crippen molar-refractivity contribution in [2.45, 2.75) is 0 Å². The molecule has 0 N–H and O–H groups in total. The number of esters is 2. The van der Waals surface area contributed by atoms with Crippen molar-refractivity contribution >= 4 is 11.9 Å². The van der Waals surface area contributed by atoms with Crippen LogP contribution in [0.5, 0.6) is 0 Å². The third kappa shape index (κ3) is 5.55. The maximum absolute atomic E-state index is 10.7. The molecule has 5 heteroatoms. The van der Waals surface area contributed by atoms with Gasteiger partial charge in [0.2, 0.25) is 0 Å². The molecule has 0 saturated heterocycles. The fourth-order valence-corrected chi connectivity index (χ4v) is 1.26. The van der Waals surface area contributed by atoms with Gasteiger partial charge in [-0.05, 0) is 0 Å². The van der Waals surface area contributed by atoms with E-state index in [0.29, 0.717) is 11.1 Å². The van der Waals surface area contributed by atoms with Crippen LogP contribution in [-0.4, -0.2) is 26.2 Å². The molecule has 2 aromatic carbocycles. The maximum atomic E-state index is 10.7. The van der Waals surface area contributed by atoms with Gasteiger partial charge < -0.3 is 44.1 Å². The third-order valence-electron chi connectivity index (χ3n) is 2.17. The van der Waals surface area contributed by atoms with Crippen LogP contribution in [0.2, 0.25) is 0 Å². The van der Waals surface area contributed by atoms with E-state index in [1.165, 1.54) is 14.2 Å². The average Bonchev–Trinajstić information content (AvgIpc) is 3.09. The van der Waals surface area contributed by atoms with Crippen LogP contribution in [0, 0.1) is 0 Å². The first kappa shape index (κ1) is 17.2. The van der Waals surface area contributed by atoms with Crippen LogP contribution in [0.15, 0.2) is 48.5 Å². The zero-order valence-corrected chi connectivity index (χ0v) is 11.7. The van der Waals surface area contributed by atoms with Crippen LogP contribution in [0.1, 0.15) is 20.7 Å². The van der Waals surface area contributed by atoms with Crippen LogP contribution in [0.25, 0.3) is 0 Å². The fraction of sp³-hybridized carbons (Fsp3) is 0.143. The van der Waals surface area contributed by atoms with Gasteiger partial charge in [-0.15, -0.1) is 0 Å². The van der Waals surface area contributed by atoms with Crippen LogP contribution < -0.4 is 0 Å². The molecule has 0 amide bonds. The number of methoxy groups -OCH3 is 2. The Morgan fingerprint density at radius 1 is 0.947 bits per heavy atom. The molecule has 0 atom stereocenters. The van der Waals surface area contributed by atoms with Crippen molar-refractivity contribution in [1.82, 2.24) is 0 Å². The largest absolute Gasteiger partial charge is 0.680 e. The molecule has 0 saturated carbocycles. The second kappa shape index (κ2) is 9.14. The van der Waals surface area contributed by atoms with E-state index in [4.69, 9.17) is 0 Å². The van der Waals surface area contributed by atoms with Crippen molar-refractivity contribution in [1.29, 1.82) is 0 Å². The molecule has 0 unspecified atom stereocenters. The van der Waals surface area contributed by atoms with Crippen molar-refractivity contribution in [3.05, 3.63) is 59.7 Å². The second-order valence-electron chi connectivity index (χ2n) is 3.33. The van der Waals surface area contributed by atoms with Gasteiger partial charge in [-0.2, -0.15) is 12.1 Å². The molecular weight excluding hydrogens is 288 g/mol. The van der Waals surface area contributed by atoms with Crippen LogP contribution >= 0.6 is 0 Å². The zero-order chi connectivity index (χ0) is 13.4. The summed E-state index contributed by atoms with van der Waals surface area (Å²) in [5, 5.41) is 0. The first-order valence-electron chi connectivity index (χ1n) is 5.29. The minimum Gasteiger partial charge on any atom is -0.680 e. The smallest absolute Gasteiger partial charge is 0.280 e. The first-order chi connectivity index (χ1) is 8.69. The Labute approximate surface area is 122 Å². The summed E-state index contributed by atoms with van der Waals surface area (Å²) in [7, 11) is 2.74. The van der Waals surface area contributed by atoms with Gasteiger partial charge in [0.25, 0.3) is 5.97 Å². The van der Waals surface area contributed by atoms with E-state index >= 15 is 0 Å². The Hall–Kier alpha value is -1.84. The van der Waals surface area contributed by atoms with Crippen LogP contribution in [0.3, 0.4) is 0 Å². The molecule has 0 fully saturated rings. The summed E-state index contributed by atoms with van der Waals surface area (Å²) in [5.74, 6) is -0.556. The van der Waals surface area contributed by atoms with Crippen molar-refractivity contribution < 1.29 is 36.1 Å². The van der Waals surface area contributed by atoms with E-state index in [1.54, 1.807) is 48.5 Å². The summed E-state index contributed by atoms with van der Waals surface area (Å²) in [4.78, 5) is 21.3. The van der Waals surface area contributed by atoms with E-state index < -0.39 is 0 Å².